The zero-order valence-electron chi connectivity index (χ0n) is 38.3. The number of fused-ring (bicyclic) bond motifs is 8. The van der Waals surface area contributed by atoms with Gasteiger partial charge in [0.05, 0.1) is 27.8 Å². The van der Waals surface area contributed by atoms with Gasteiger partial charge in [0.1, 0.15) is 0 Å². The second-order valence-electron chi connectivity index (χ2n) is 18.1. The van der Waals surface area contributed by atoms with Crippen molar-refractivity contribution in [2.45, 2.75) is 39.2 Å². The number of nitrogens with zero attached hydrogens (tertiary/aromatic N) is 2. The van der Waals surface area contributed by atoms with Crippen LogP contribution in [0.15, 0.2) is 318 Å². The number of hydrogen-bond acceptors (Lipinski definition) is 0. The summed E-state index contributed by atoms with van der Waals surface area (Å²) in [7, 11) is -3.82. The van der Waals surface area contributed by atoms with Crippen LogP contribution >= 0.6 is 20.1 Å². The van der Waals surface area contributed by atoms with E-state index in [0.717, 1.165) is 5.69 Å². The molecule has 13 aromatic rings. The molecule has 0 saturated carbocycles. The fourth-order valence-electron chi connectivity index (χ4n) is 11.5. The molecule has 70 heavy (non-hydrogen) atoms. The molecule has 0 N–H and O–H groups in total. The molecule has 0 aliphatic carbocycles. The lowest BCUT2D eigenvalue weighted by Gasteiger charge is -2.46. The molecule has 2 aromatic heterocycles. The molecular weight excluding hydrogens is 885 g/mol. The Labute approximate surface area is 411 Å². The van der Waals surface area contributed by atoms with Crippen molar-refractivity contribution < 1.29 is 0 Å². The van der Waals surface area contributed by atoms with E-state index in [1.807, 2.05) is 0 Å². The normalized spacial score (nSPS) is 15.5. The van der Waals surface area contributed by atoms with E-state index in [4.69, 9.17) is 0 Å². The summed E-state index contributed by atoms with van der Waals surface area (Å²) in [5, 5.41) is 5.00. The maximum Gasteiger partial charge on any atom is 0.0671 e. The van der Waals surface area contributed by atoms with Gasteiger partial charge in [-0.15, -0.1) is 20.1 Å². The number of hydrogen-bond donors (Lipinski definition) is 0. The van der Waals surface area contributed by atoms with Crippen molar-refractivity contribution in [3.05, 3.63) is 279 Å². The zero-order valence-corrected chi connectivity index (χ0v) is 39.9. The molecule has 1 atom stereocenters. The van der Waals surface area contributed by atoms with Crippen molar-refractivity contribution in [1.82, 2.24) is 9.13 Å². The van der Waals surface area contributed by atoms with Crippen LogP contribution in [0, 0.1) is 0 Å². The minimum Gasteiger partial charge on any atom is -0.309 e. The van der Waals surface area contributed by atoms with Crippen molar-refractivity contribution in [3.8, 4) is 22.5 Å². The van der Waals surface area contributed by atoms with Crippen molar-refractivity contribution in [2.24, 2.45) is 0 Å². The van der Waals surface area contributed by atoms with Crippen LogP contribution < -0.4 is 0 Å². The maximum absolute atomic E-state index is 2.56. The molecule has 1 aliphatic heterocycles. The largest absolute Gasteiger partial charge is 0.309 e. The third-order valence-electron chi connectivity index (χ3n) is 14.5. The lowest BCUT2D eigenvalue weighted by molar-refractivity contribution is 1.06. The summed E-state index contributed by atoms with van der Waals surface area (Å²) in [6.07, 6.45) is 0. The summed E-state index contributed by atoms with van der Waals surface area (Å²) in [5.41, 5.74) is 9.72. The third-order valence-corrected chi connectivity index (χ3v) is 22.3. The Hall–Kier alpha value is -8.28. The average Bonchev–Trinajstić information content (AvgIpc) is 3.96. The van der Waals surface area contributed by atoms with Crippen LogP contribution in [0.4, 0.5) is 0 Å². The Morgan fingerprint density at radius 2 is 0.771 bits per heavy atom. The lowest BCUT2D eigenvalue weighted by atomic mass is 10.1. The molecule has 0 spiro atoms. The number of para-hydroxylation sites is 3. The first kappa shape index (κ1) is 40.8. The van der Waals surface area contributed by atoms with Crippen LogP contribution in [0.2, 0.25) is 0 Å². The van der Waals surface area contributed by atoms with Gasteiger partial charge >= 0.3 is 0 Å². The van der Waals surface area contributed by atoms with E-state index in [1.165, 1.54) is 99.6 Å². The van der Waals surface area contributed by atoms with E-state index < -0.39 is 20.1 Å². The van der Waals surface area contributed by atoms with Crippen LogP contribution in [0.5, 0.6) is 0 Å². The summed E-state index contributed by atoms with van der Waals surface area (Å²) in [6.45, 7) is 0. The first-order valence-electron chi connectivity index (χ1n) is 24.0. The summed E-state index contributed by atoms with van der Waals surface area (Å²) < 4.78 is 5.05. The Morgan fingerprint density at radius 3 is 1.46 bits per heavy atom. The van der Waals surface area contributed by atoms with E-state index >= 15 is 0 Å². The molecule has 3 heterocycles. The maximum atomic E-state index is 2.56. The van der Waals surface area contributed by atoms with Crippen molar-refractivity contribution in [1.29, 1.82) is 0 Å². The van der Waals surface area contributed by atoms with Gasteiger partial charge in [-0.3, -0.25) is 0 Å². The highest BCUT2D eigenvalue weighted by atomic mass is 32.3. The van der Waals surface area contributed by atoms with Crippen molar-refractivity contribution in [3.63, 3.8) is 0 Å². The Morgan fingerprint density at radius 1 is 0.286 bits per heavy atom. The van der Waals surface area contributed by atoms with Crippen LogP contribution in [-0.4, -0.2) is 9.13 Å². The highest BCUT2D eigenvalue weighted by molar-refractivity contribution is 8.34. The van der Waals surface area contributed by atoms with E-state index in [1.54, 1.807) is 0 Å². The zero-order chi connectivity index (χ0) is 46.2. The topological polar surface area (TPSA) is 9.86 Å². The third kappa shape index (κ3) is 5.84. The fourth-order valence-corrected chi connectivity index (χ4v) is 19.6. The van der Waals surface area contributed by atoms with Crippen LogP contribution in [0.1, 0.15) is 0 Å². The van der Waals surface area contributed by atoms with Gasteiger partial charge in [0.25, 0.3) is 0 Å². The second kappa shape index (κ2) is 16.2. The van der Waals surface area contributed by atoms with Gasteiger partial charge in [0, 0.05) is 66.4 Å². The Bertz CT molecular complexity index is 3990. The highest BCUT2D eigenvalue weighted by Gasteiger charge is 2.41. The van der Waals surface area contributed by atoms with Crippen molar-refractivity contribution >= 4 is 63.7 Å². The molecule has 0 fully saturated rings. The molecule has 1 unspecified atom stereocenters. The molecule has 4 heteroatoms. The van der Waals surface area contributed by atoms with Gasteiger partial charge in [0.15, 0.2) is 0 Å². The van der Waals surface area contributed by atoms with Gasteiger partial charge in [-0.2, -0.15) is 0 Å². The SMILES string of the molecule is c1ccc(-c2ccc(S3(c4ccccc4)c4ccccc4-n4c5ccc(-n6c7ccccc7c7cc(S(c8ccccc8)(c8ccccc8)c8ccccc8)ccc76)cc5c5cccc3c54)cc2)cc1. The molecule has 0 radical (unpaired) electrons. The van der Waals surface area contributed by atoms with Crippen LogP contribution in [0.3, 0.4) is 0 Å². The highest BCUT2D eigenvalue weighted by Crippen LogP contribution is 2.78. The van der Waals surface area contributed by atoms with E-state index in [2.05, 4.69) is 288 Å². The predicted molar refractivity (Wildman–Crippen MR) is 294 cm³/mol. The average molecular weight is 931 g/mol. The smallest absolute Gasteiger partial charge is 0.0671 e. The van der Waals surface area contributed by atoms with E-state index in [0.29, 0.717) is 0 Å². The van der Waals surface area contributed by atoms with Crippen molar-refractivity contribution in [2.75, 3.05) is 0 Å². The van der Waals surface area contributed by atoms with Gasteiger partial charge in [0.2, 0.25) is 0 Å². The van der Waals surface area contributed by atoms with E-state index in [9.17, 15) is 0 Å². The minimum absolute atomic E-state index is 1.15. The predicted octanol–water partition coefficient (Wildman–Crippen LogP) is 18.5. The molecule has 11 aromatic carbocycles. The molecule has 0 saturated heterocycles. The lowest BCUT2D eigenvalue weighted by Crippen LogP contribution is -2.14. The van der Waals surface area contributed by atoms with Gasteiger partial charge < -0.3 is 9.13 Å². The molecular formula is C66H46N2S2. The molecule has 0 bridgehead atoms. The first-order valence-corrected chi connectivity index (χ1v) is 27.2. The van der Waals surface area contributed by atoms with Crippen LogP contribution in [0.25, 0.3) is 66.1 Å². The minimum atomic E-state index is -1.94. The quantitative estimate of drug-likeness (QED) is 0.144. The standard InChI is InChI=1S/C66H46N2S2/c1-6-21-47(22-7-1)48-37-40-54(41-38-48)70(53-29-14-5-15-30-53)64-35-19-18-34-63(64)68-62-43-39-49(45-58(62)57-32-20-36-65(70)66(57)68)67-60-33-17-16-31-56(60)59-46-55(42-44-61(59)67)69(50-23-8-2-9-24-50,51-25-10-3-11-26-51)52-27-12-4-13-28-52/h1-46H. The second-order valence-corrected chi connectivity index (χ2v) is 24.2. The van der Waals surface area contributed by atoms with Gasteiger partial charge in [-0.25, -0.2) is 0 Å². The summed E-state index contributed by atoms with van der Waals surface area (Å²) in [5.74, 6) is 0. The molecule has 2 nitrogen and oxygen atoms in total. The molecule has 332 valence electrons. The number of benzene rings is 11. The fraction of sp³-hybridized carbons (Fsp3) is 0. The van der Waals surface area contributed by atoms with Crippen LogP contribution in [-0.2, 0) is 0 Å². The summed E-state index contributed by atoms with van der Waals surface area (Å²) >= 11 is 0. The van der Waals surface area contributed by atoms with E-state index in [-0.39, 0.29) is 0 Å². The Kier molecular flexibility index (Phi) is 9.42. The van der Waals surface area contributed by atoms with Gasteiger partial charge in [-0.1, -0.05) is 158 Å². The van der Waals surface area contributed by atoms with Gasteiger partial charge in [-0.05, 0) is 132 Å². The molecule has 14 rings (SSSR count). The monoisotopic (exact) mass is 930 g/mol. The first-order chi connectivity index (χ1) is 34.7. The summed E-state index contributed by atoms with van der Waals surface area (Å²) in [6, 6.07) is 105. The molecule has 1 aliphatic rings. The molecule has 0 amide bonds. The summed E-state index contributed by atoms with van der Waals surface area (Å²) in [4.78, 5) is 10.7. The Balaban J connectivity index is 1.01. The number of rotatable bonds is 8. The number of aromatic nitrogens is 2.